The predicted octanol–water partition coefficient (Wildman–Crippen LogP) is 5.38. The third-order valence-corrected chi connectivity index (χ3v) is 6.45. The SMILES string of the molecule is COc1ncnc(C2CC2)c1-c1ncc(C(N)C(F)(F)F)c(OCc2ccc(-c3nc(C(F)(F)F)cn3C)cc2)n1. The van der Waals surface area contributed by atoms with Gasteiger partial charge in [-0.2, -0.15) is 31.3 Å². The van der Waals surface area contributed by atoms with E-state index in [1.165, 1.54) is 37.2 Å². The van der Waals surface area contributed by atoms with Crippen LogP contribution < -0.4 is 15.2 Å². The van der Waals surface area contributed by atoms with Crippen LogP contribution in [0.25, 0.3) is 22.8 Å². The van der Waals surface area contributed by atoms with Crippen molar-refractivity contribution in [2.45, 2.75) is 43.8 Å². The zero-order chi connectivity index (χ0) is 29.5. The molecule has 216 valence electrons. The lowest BCUT2D eigenvalue weighted by molar-refractivity contribution is -0.149. The summed E-state index contributed by atoms with van der Waals surface area (Å²) in [5, 5.41) is 0. The standard InChI is InChI=1S/C26H23F6N7O2/c1-39-10-17(25(27,28)29)37-22(39)15-5-3-13(4-6-15)11-41-23-16(20(33)26(30,31)32)9-34-21(38-23)18-19(14-7-8-14)35-12-36-24(18)40-2/h3-6,9-10,12,14,20H,7-8,11,33H2,1-2H3. The van der Waals surface area contributed by atoms with Gasteiger partial charge in [0.25, 0.3) is 0 Å². The molecule has 0 bridgehead atoms. The number of benzene rings is 1. The molecule has 9 nitrogen and oxygen atoms in total. The summed E-state index contributed by atoms with van der Waals surface area (Å²) in [5.74, 6) is 0.00316. The van der Waals surface area contributed by atoms with E-state index in [0.717, 1.165) is 25.2 Å². The second-order valence-electron chi connectivity index (χ2n) is 9.43. The van der Waals surface area contributed by atoms with Gasteiger partial charge in [0.15, 0.2) is 11.5 Å². The molecule has 1 aliphatic rings. The summed E-state index contributed by atoms with van der Waals surface area (Å²) in [4.78, 5) is 20.5. The van der Waals surface area contributed by atoms with Crippen molar-refractivity contribution in [3.8, 4) is 34.5 Å². The average Bonchev–Trinajstić information content (AvgIpc) is 3.70. The Balaban J connectivity index is 1.45. The molecule has 1 saturated carbocycles. The highest BCUT2D eigenvalue weighted by atomic mass is 19.4. The molecule has 0 spiro atoms. The average molecular weight is 580 g/mol. The van der Waals surface area contributed by atoms with Crippen LogP contribution in [-0.4, -0.2) is 42.8 Å². The third kappa shape index (κ3) is 5.94. The Bertz CT molecular complexity index is 1550. The first-order valence-electron chi connectivity index (χ1n) is 12.3. The van der Waals surface area contributed by atoms with Gasteiger partial charge in [-0.25, -0.2) is 19.9 Å². The molecular formula is C26H23F6N7O2. The maximum atomic E-state index is 13.6. The van der Waals surface area contributed by atoms with E-state index in [0.29, 0.717) is 22.4 Å². The van der Waals surface area contributed by atoms with Gasteiger partial charge >= 0.3 is 12.4 Å². The van der Waals surface area contributed by atoms with Gasteiger partial charge in [0, 0.05) is 30.9 Å². The Morgan fingerprint density at radius 3 is 2.29 bits per heavy atom. The topological polar surface area (TPSA) is 114 Å². The first-order valence-corrected chi connectivity index (χ1v) is 12.3. The van der Waals surface area contributed by atoms with E-state index >= 15 is 0 Å². The van der Waals surface area contributed by atoms with Crippen molar-refractivity contribution in [2.75, 3.05) is 7.11 Å². The molecule has 1 aromatic carbocycles. The number of methoxy groups -OCH3 is 1. The van der Waals surface area contributed by atoms with Crippen LogP contribution >= 0.6 is 0 Å². The monoisotopic (exact) mass is 579 g/mol. The predicted molar refractivity (Wildman–Crippen MR) is 133 cm³/mol. The number of halogens is 6. The Morgan fingerprint density at radius 2 is 1.71 bits per heavy atom. The number of hydrogen-bond acceptors (Lipinski definition) is 8. The lowest BCUT2D eigenvalue weighted by Gasteiger charge is -2.19. The van der Waals surface area contributed by atoms with Crippen LogP contribution in [0.15, 0.2) is 43.0 Å². The van der Waals surface area contributed by atoms with E-state index in [1.807, 2.05) is 0 Å². The van der Waals surface area contributed by atoms with Crippen LogP contribution in [0.5, 0.6) is 11.8 Å². The fourth-order valence-corrected chi connectivity index (χ4v) is 4.19. The molecule has 1 aliphatic carbocycles. The molecule has 3 aromatic heterocycles. The minimum Gasteiger partial charge on any atom is -0.480 e. The van der Waals surface area contributed by atoms with Crippen LogP contribution in [-0.2, 0) is 19.8 Å². The minimum absolute atomic E-state index is 0.0167. The number of ether oxygens (including phenoxy) is 2. The van der Waals surface area contributed by atoms with Gasteiger partial charge in [0.1, 0.15) is 30.4 Å². The van der Waals surface area contributed by atoms with Gasteiger partial charge in [0.2, 0.25) is 11.8 Å². The number of aromatic nitrogens is 6. The normalized spacial score (nSPS) is 14.7. The molecule has 3 heterocycles. The van der Waals surface area contributed by atoms with E-state index < -0.39 is 35.5 Å². The van der Waals surface area contributed by atoms with Gasteiger partial charge in [-0.05, 0) is 18.4 Å². The first-order chi connectivity index (χ1) is 19.4. The Kier molecular flexibility index (Phi) is 7.32. The van der Waals surface area contributed by atoms with Crippen LogP contribution in [0, 0.1) is 0 Å². The molecule has 1 fully saturated rings. The lowest BCUT2D eigenvalue weighted by Crippen LogP contribution is -2.29. The zero-order valence-electron chi connectivity index (χ0n) is 21.7. The van der Waals surface area contributed by atoms with E-state index in [1.54, 1.807) is 12.1 Å². The van der Waals surface area contributed by atoms with Crippen molar-refractivity contribution in [3.63, 3.8) is 0 Å². The number of imidazole rings is 1. The molecule has 0 radical (unpaired) electrons. The molecular weight excluding hydrogens is 556 g/mol. The Hall–Kier alpha value is -4.27. The number of hydrogen-bond donors (Lipinski definition) is 1. The molecule has 41 heavy (non-hydrogen) atoms. The summed E-state index contributed by atoms with van der Waals surface area (Å²) in [6.07, 6.45) is -4.47. The van der Waals surface area contributed by atoms with Crippen LogP contribution in [0.4, 0.5) is 26.3 Å². The molecule has 1 unspecified atom stereocenters. The highest BCUT2D eigenvalue weighted by molar-refractivity contribution is 5.66. The molecule has 15 heteroatoms. The van der Waals surface area contributed by atoms with Crippen molar-refractivity contribution in [1.29, 1.82) is 0 Å². The van der Waals surface area contributed by atoms with Crippen molar-refractivity contribution < 1.29 is 35.8 Å². The quantitative estimate of drug-likeness (QED) is 0.277. The fourth-order valence-electron chi connectivity index (χ4n) is 4.19. The number of alkyl halides is 6. The Labute approximate surface area is 229 Å². The first kappa shape index (κ1) is 28.3. The van der Waals surface area contributed by atoms with Gasteiger partial charge in [-0.3, -0.25) is 0 Å². The van der Waals surface area contributed by atoms with Crippen LogP contribution in [0.2, 0.25) is 0 Å². The molecule has 5 rings (SSSR count). The number of nitrogens with two attached hydrogens (primary N) is 1. The molecule has 1 atom stereocenters. The van der Waals surface area contributed by atoms with Gasteiger partial charge in [-0.1, -0.05) is 24.3 Å². The van der Waals surface area contributed by atoms with Crippen LogP contribution in [0.3, 0.4) is 0 Å². The van der Waals surface area contributed by atoms with Crippen molar-refractivity contribution in [1.82, 2.24) is 29.5 Å². The van der Waals surface area contributed by atoms with Crippen LogP contribution in [0.1, 0.15) is 47.3 Å². The fraction of sp³-hybridized carbons (Fsp3) is 0.346. The second kappa shape index (κ2) is 10.6. The number of aryl methyl sites for hydroxylation is 1. The zero-order valence-corrected chi connectivity index (χ0v) is 21.7. The number of nitrogens with zero attached hydrogens (tertiary/aromatic N) is 6. The maximum Gasteiger partial charge on any atom is 0.434 e. The second-order valence-corrected chi connectivity index (χ2v) is 9.43. The molecule has 0 saturated heterocycles. The van der Waals surface area contributed by atoms with Gasteiger partial charge in [0.05, 0.1) is 18.4 Å². The third-order valence-electron chi connectivity index (χ3n) is 6.45. The molecule has 2 N–H and O–H groups in total. The minimum atomic E-state index is -4.80. The summed E-state index contributed by atoms with van der Waals surface area (Å²) in [5.41, 5.74) is 5.86. The molecule has 4 aromatic rings. The van der Waals surface area contributed by atoms with E-state index in [2.05, 4.69) is 24.9 Å². The lowest BCUT2D eigenvalue weighted by atomic mass is 10.1. The smallest absolute Gasteiger partial charge is 0.434 e. The van der Waals surface area contributed by atoms with E-state index in [9.17, 15) is 26.3 Å². The summed E-state index contributed by atoms with van der Waals surface area (Å²) in [6, 6.07) is 3.76. The summed E-state index contributed by atoms with van der Waals surface area (Å²) < 4.78 is 92.1. The van der Waals surface area contributed by atoms with Crippen molar-refractivity contribution >= 4 is 0 Å². The highest BCUT2D eigenvalue weighted by Gasteiger charge is 2.41. The Morgan fingerprint density at radius 1 is 1.00 bits per heavy atom. The van der Waals surface area contributed by atoms with Crippen molar-refractivity contribution in [2.24, 2.45) is 12.8 Å². The maximum absolute atomic E-state index is 13.6. The summed E-state index contributed by atoms with van der Waals surface area (Å²) in [7, 11) is 2.83. The van der Waals surface area contributed by atoms with Crippen molar-refractivity contribution in [3.05, 3.63) is 65.5 Å². The molecule has 0 amide bonds. The van der Waals surface area contributed by atoms with E-state index in [4.69, 9.17) is 15.2 Å². The largest absolute Gasteiger partial charge is 0.480 e. The van der Waals surface area contributed by atoms with Gasteiger partial charge in [-0.15, -0.1) is 0 Å². The highest BCUT2D eigenvalue weighted by Crippen LogP contribution is 2.45. The number of rotatable bonds is 8. The molecule has 0 aliphatic heterocycles. The summed E-state index contributed by atoms with van der Waals surface area (Å²) in [6.45, 7) is -0.222. The van der Waals surface area contributed by atoms with Gasteiger partial charge < -0.3 is 19.8 Å². The summed E-state index contributed by atoms with van der Waals surface area (Å²) >= 11 is 0. The van der Waals surface area contributed by atoms with E-state index in [-0.39, 0.29) is 30.1 Å².